The molecule has 0 unspecified atom stereocenters. The number of anilines is 2. The number of esters is 1. The molecule has 0 aromatic heterocycles. The van der Waals surface area contributed by atoms with E-state index < -0.39 is 35.4 Å². The van der Waals surface area contributed by atoms with E-state index in [2.05, 4.69) is 5.32 Å². The predicted molar refractivity (Wildman–Crippen MR) is 128 cm³/mol. The van der Waals surface area contributed by atoms with Crippen LogP contribution in [0.1, 0.15) is 28.4 Å². The van der Waals surface area contributed by atoms with E-state index in [-0.39, 0.29) is 11.3 Å². The lowest BCUT2D eigenvalue weighted by Gasteiger charge is -2.25. The molecule has 0 aliphatic carbocycles. The lowest BCUT2D eigenvalue weighted by Crippen LogP contribution is -2.41. The fraction of sp³-hybridized carbons (Fsp3) is 0.192. The first-order chi connectivity index (χ1) is 16.8. The Morgan fingerprint density at radius 1 is 0.971 bits per heavy atom. The molecule has 0 saturated carbocycles. The summed E-state index contributed by atoms with van der Waals surface area (Å²) in [5.41, 5.74) is 3.31. The summed E-state index contributed by atoms with van der Waals surface area (Å²) in [6.45, 7) is 0.900. The predicted octanol–water partition coefficient (Wildman–Crippen LogP) is 3.72. The van der Waals surface area contributed by atoms with Crippen LogP contribution in [0, 0.1) is 10.1 Å². The fourth-order valence-corrected chi connectivity index (χ4v) is 3.97. The van der Waals surface area contributed by atoms with E-state index >= 15 is 0 Å². The first kappa shape index (κ1) is 23.6. The summed E-state index contributed by atoms with van der Waals surface area (Å²) in [6.07, 6.45) is 1.55. The van der Waals surface area contributed by atoms with E-state index in [1.807, 2.05) is 48.5 Å². The van der Waals surface area contributed by atoms with Gasteiger partial charge in [0, 0.05) is 17.7 Å². The lowest BCUT2D eigenvalue weighted by molar-refractivity contribution is -0.384. The minimum atomic E-state index is -1.07. The Morgan fingerprint density at radius 2 is 1.57 bits per heavy atom. The van der Waals surface area contributed by atoms with Crippen LogP contribution in [0.5, 0.6) is 0 Å². The van der Waals surface area contributed by atoms with Crippen molar-refractivity contribution in [2.75, 3.05) is 11.5 Å². The Bertz CT molecular complexity index is 1260. The molecule has 0 radical (unpaired) electrons. The van der Waals surface area contributed by atoms with Crippen molar-refractivity contribution in [2.24, 2.45) is 0 Å². The molecule has 4 rings (SSSR count). The van der Waals surface area contributed by atoms with E-state index in [1.165, 1.54) is 25.1 Å². The van der Waals surface area contributed by atoms with E-state index in [0.717, 1.165) is 41.4 Å². The summed E-state index contributed by atoms with van der Waals surface area (Å²) in [4.78, 5) is 50.1. The highest BCUT2D eigenvalue weighted by atomic mass is 16.6. The highest BCUT2D eigenvalue weighted by molar-refractivity contribution is 6.04. The molecule has 178 valence electrons. The zero-order valence-corrected chi connectivity index (χ0v) is 19.0. The second-order valence-electron chi connectivity index (χ2n) is 8.10. The summed E-state index contributed by atoms with van der Waals surface area (Å²) in [5, 5.41) is 13.4. The van der Waals surface area contributed by atoms with Gasteiger partial charge in [0.2, 0.25) is 0 Å². The summed E-state index contributed by atoms with van der Waals surface area (Å²) in [6, 6.07) is 19.3. The molecular formula is C26H23N3O6. The number of hydrogen-bond acceptors (Lipinski definition) is 6. The topological polar surface area (TPSA) is 119 Å². The van der Waals surface area contributed by atoms with Crippen LogP contribution in [0.4, 0.5) is 17.1 Å². The average molecular weight is 473 g/mol. The van der Waals surface area contributed by atoms with Crippen LogP contribution in [-0.4, -0.2) is 35.4 Å². The van der Waals surface area contributed by atoms with Gasteiger partial charge in [0.05, 0.1) is 16.3 Å². The van der Waals surface area contributed by atoms with Gasteiger partial charge in [-0.25, -0.2) is 4.79 Å². The van der Waals surface area contributed by atoms with Gasteiger partial charge in [-0.3, -0.25) is 24.6 Å². The SMILES string of the molecule is C[C@H](NC(=O)c1cccc([N+](=O)[O-])c1)C(=O)OCC(=O)N1c2ccccc2CCc2ccccc21. The highest BCUT2D eigenvalue weighted by Crippen LogP contribution is 2.36. The Hall–Kier alpha value is -4.53. The van der Waals surface area contributed by atoms with E-state index in [1.54, 1.807) is 4.90 Å². The number of carbonyl (C=O) groups is 3. The number of amides is 2. The number of nitrogens with zero attached hydrogens (tertiary/aromatic N) is 2. The fourth-order valence-electron chi connectivity index (χ4n) is 3.97. The standard InChI is InChI=1S/C26H23N3O6/c1-17(27-25(31)20-9-6-10-21(15-20)29(33)34)26(32)35-16-24(30)28-22-11-4-2-7-18(22)13-14-19-8-3-5-12-23(19)28/h2-12,15,17H,13-14,16H2,1H3,(H,27,31)/t17-/m0/s1. The van der Waals surface area contributed by atoms with Crippen molar-refractivity contribution in [3.8, 4) is 0 Å². The minimum absolute atomic E-state index is 0.0349. The molecule has 0 spiro atoms. The maximum absolute atomic E-state index is 13.2. The van der Waals surface area contributed by atoms with Gasteiger partial charge in [-0.2, -0.15) is 0 Å². The smallest absolute Gasteiger partial charge is 0.328 e. The van der Waals surface area contributed by atoms with Crippen LogP contribution in [0.3, 0.4) is 0 Å². The Morgan fingerprint density at radius 3 is 2.17 bits per heavy atom. The third-order valence-electron chi connectivity index (χ3n) is 5.74. The summed E-state index contributed by atoms with van der Waals surface area (Å²) in [7, 11) is 0. The first-order valence-electron chi connectivity index (χ1n) is 11.1. The number of nitro groups is 1. The molecule has 1 aliphatic rings. The number of carbonyl (C=O) groups excluding carboxylic acids is 3. The maximum atomic E-state index is 13.2. The van der Waals surface area contributed by atoms with Crippen molar-refractivity contribution in [1.82, 2.24) is 5.32 Å². The molecule has 0 saturated heterocycles. The minimum Gasteiger partial charge on any atom is -0.454 e. The number of benzene rings is 3. The molecule has 1 heterocycles. The van der Waals surface area contributed by atoms with Crippen molar-refractivity contribution < 1.29 is 24.0 Å². The van der Waals surface area contributed by atoms with Gasteiger partial charge < -0.3 is 10.1 Å². The first-order valence-corrected chi connectivity index (χ1v) is 11.1. The molecular weight excluding hydrogens is 450 g/mol. The van der Waals surface area contributed by atoms with Gasteiger partial charge in [-0.15, -0.1) is 0 Å². The average Bonchev–Trinajstić information content (AvgIpc) is 3.04. The molecule has 0 fully saturated rings. The molecule has 9 heteroatoms. The molecule has 1 aliphatic heterocycles. The van der Waals surface area contributed by atoms with E-state index in [4.69, 9.17) is 4.74 Å². The third-order valence-corrected chi connectivity index (χ3v) is 5.74. The number of para-hydroxylation sites is 2. The summed E-state index contributed by atoms with van der Waals surface area (Å²) < 4.78 is 5.24. The Balaban J connectivity index is 1.44. The van der Waals surface area contributed by atoms with Crippen LogP contribution in [0.2, 0.25) is 0 Å². The van der Waals surface area contributed by atoms with Crippen LogP contribution < -0.4 is 10.2 Å². The van der Waals surface area contributed by atoms with Crippen molar-refractivity contribution in [1.29, 1.82) is 0 Å². The quantitative estimate of drug-likeness (QED) is 0.331. The van der Waals surface area contributed by atoms with Gasteiger partial charge >= 0.3 is 5.97 Å². The van der Waals surface area contributed by atoms with Gasteiger partial charge in [-0.05, 0) is 49.1 Å². The Labute approximate surface area is 201 Å². The van der Waals surface area contributed by atoms with Gasteiger partial charge in [0.1, 0.15) is 6.04 Å². The number of ether oxygens (including phenoxy) is 1. The zero-order chi connectivity index (χ0) is 24.9. The number of fused-ring (bicyclic) bond motifs is 2. The Kier molecular flexibility index (Phi) is 6.86. The maximum Gasteiger partial charge on any atom is 0.328 e. The number of aryl methyl sites for hydroxylation is 2. The third kappa shape index (κ3) is 5.19. The molecule has 0 bridgehead atoms. The number of hydrogen-bond donors (Lipinski definition) is 1. The highest BCUT2D eigenvalue weighted by Gasteiger charge is 2.27. The molecule has 1 atom stereocenters. The lowest BCUT2D eigenvalue weighted by atomic mass is 10.0. The second-order valence-corrected chi connectivity index (χ2v) is 8.10. The van der Waals surface area contributed by atoms with E-state index in [9.17, 15) is 24.5 Å². The van der Waals surface area contributed by atoms with E-state index in [0.29, 0.717) is 0 Å². The van der Waals surface area contributed by atoms with Crippen molar-refractivity contribution in [3.05, 3.63) is 99.6 Å². The number of nitrogens with one attached hydrogen (secondary N) is 1. The van der Waals surface area contributed by atoms with Crippen molar-refractivity contribution >= 4 is 34.8 Å². The normalized spacial score (nSPS) is 13.0. The zero-order valence-electron chi connectivity index (χ0n) is 19.0. The summed E-state index contributed by atoms with van der Waals surface area (Å²) in [5.74, 6) is -1.88. The second kappa shape index (κ2) is 10.2. The van der Waals surface area contributed by atoms with Crippen LogP contribution in [0.25, 0.3) is 0 Å². The molecule has 35 heavy (non-hydrogen) atoms. The molecule has 1 N–H and O–H groups in total. The largest absolute Gasteiger partial charge is 0.454 e. The van der Waals surface area contributed by atoms with Gasteiger partial charge in [0.15, 0.2) is 6.61 Å². The number of non-ortho nitro benzene ring substituents is 1. The number of nitro benzene ring substituents is 1. The number of rotatable bonds is 6. The van der Waals surface area contributed by atoms with Crippen molar-refractivity contribution in [3.63, 3.8) is 0 Å². The molecule has 2 amide bonds. The van der Waals surface area contributed by atoms with Crippen molar-refractivity contribution in [2.45, 2.75) is 25.8 Å². The molecule has 3 aromatic carbocycles. The van der Waals surface area contributed by atoms with Gasteiger partial charge in [-0.1, -0.05) is 42.5 Å². The van der Waals surface area contributed by atoms with Crippen LogP contribution in [0.15, 0.2) is 72.8 Å². The van der Waals surface area contributed by atoms with Crippen LogP contribution in [-0.2, 0) is 27.2 Å². The summed E-state index contributed by atoms with van der Waals surface area (Å²) >= 11 is 0. The molecule has 9 nitrogen and oxygen atoms in total. The monoisotopic (exact) mass is 473 g/mol. The van der Waals surface area contributed by atoms with Crippen LogP contribution >= 0.6 is 0 Å². The molecule has 3 aromatic rings. The van der Waals surface area contributed by atoms with Gasteiger partial charge in [0.25, 0.3) is 17.5 Å².